The maximum Gasteiger partial charge on any atom is 0.308 e. The fourth-order valence-corrected chi connectivity index (χ4v) is 2.50. The minimum Gasteiger partial charge on any atom is -0.424 e. The van der Waals surface area contributed by atoms with Crippen LogP contribution in [0.4, 0.5) is 0 Å². The number of benzene rings is 1. The van der Waals surface area contributed by atoms with Crippen molar-refractivity contribution in [2.75, 3.05) is 0 Å². The summed E-state index contributed by atoms with van der Waals surface area (Å²) in [7, 11) is 0. The van der Waals surface area contributed by atoms with Crippen molar-refractivity contribution in [2.45, 2.75) is 6.92 Å². The van der Waals surface area contributed by atoms with Crippen LogP contribution in [0.2, 0.25) is 0 Å². The van der Waals surface area contributed by atoms with Crippen LogP contribution in [-0.4, -0.2) is 17.3 Å². The summed E-state index contributed by atoms with van der Waals surface area (Å²) in [5.74, 6) is 0.0231. The van der Waals surface area contributed by atoms with Gasteiger partial charge in [0.2, 0.25) is 0 Å². The maximum atomic E-state index is 10.9. The topological polar surface area (TPSA) is 76.7 Å². The number of nitrogens with zero attached hydrogens (tertiary/aromatic N) is 1. The predicted octanol–water partition coefficient (Wildman–Crippen LogP) is 2.30. The lowest BCUT2D eigenvalue weighted by atomic mass is 10.2. The van der Waals surface area contributed by atoms with Gasteiger partial charge in [-0.3, -0.25) is 10.2 Å². The Morgan fingerprint density at radius 3 is 2.50 bits per heavy atom. The molecule has 0 radical (unpaired) electrons. The quantitative estimate of drug-likeness (QED) is 0.270. The summed E-state index contributed by atoms with van der Waals surface area (Å²) < 4.78 is 6.30. The normalized spacial score (nSPS) is 10.4. The van der Waals surface area contributed by atoms with Crippen LogP contribution in [0.15, 0.2) is 26.2 Å². The Balaban J connectivity index is 2.95. The molecule has 0 bridgehead atoms. The first-order chi connectivity index (χ1) is 8.40. The number of ether oxygens (including phenoxy) is 1. The van der Waals surface area contributed by atoms with Crippen molar-refractivity contribution in [1.29, 1.82) is 0 Å². The van der Waals surface area contributed by atoms with Crippen molar-refractivity contribution in [2.24, 2.45) is 10.8 Å². The number of rotatable bonds is 3. The minimum atomic E-state index is -0.395. The second-order valence-electron chi connectivity index (χ2n) is 3.14. The zero-order valence-corrected chi connectivity index (χ0v) is 13.2. The standard InChI is InChI=1S/C10H9Br2N3O2S/c1-5(16)17-9-7(11)2-6(3-8(9)12)4-14-15-10(13)18/h2-4H,1H3,(H3,13,15,18)/b14-4+. The highest BCUT2D eigenvalue weighted by molar-refractivity contribution is 9.11. The van der Waals surface area contributed by atoms with Gasteiger partial charge in [-0.25, -0.2) is 0 Å². The smallest absolute Gasteiger partial charge is 0.308 e. The van der Waals surface area contributed by atoms with Crippen LogP contribution in [0.25, 0.3) is 0 Å². The van der Waals surface area contributed by atoms with Gasteiger partial charge in [-0.15, -0.1) is 0 Å². The SMILES string of the molecule is CC(=O)Oc1c(Br)cc(/C=N/NC(N)=S)cc1Br. The molecule has 0 aliphatic rings. The Labute approximate surface area is 126 Å². The van der Waals surface area contributed by atoms with Gasteiger partial charge in [0, 0.05) is 6.92 Å². The van der Waals surface area contributed by atoms with E-state index in [0.29, 0.717) is 14.7 Å². The van der Waals surface area contributed by atoms with E-state index >= 15 is 0 Å². The maximum absolute atomic E-state index is 10.9. The number of hydrazone groups is 1. The highest BCUT2D eigenvalue weighted by Crippen LogP contribution is 2.34. The third-order valence-corrected chi connectivity index (χ3v) is 2.92. The molecule has 0 spiro atoms. The molecule has 8 heteroatoms. The number of nitrogens with two attached hydrogens (primary N) is 1. The molecule has 5 nitrogen and oxygen atoms in total. The van der Waals surface area contributed by atoms with Crippen LogP contribution in [-0.2, 0) is 4.79 Å². The Kier molecular flexibility index (Phi) is 5.70. The van der Waals surface area contributed by atoms with Gasteiger partial charge in [0.15, 0.2) is 10.9 Å². The minimum absolute atomic E-state index is 0.0842. The molecule has 96 valence electrons. The fraction of sp³-hybridized carbons (Fsp3) is 0.100. The molecule has 3 N–H and O–H groups in total. The first kappa shape index (κ1) is 15.1. The molecule has 0 heterocycles. The van der Waals surface area contributed by atoms with E-state index in [4.69, 9.17) is 10.5 Å². The number of thiocarbonyl (C=S) groups is 1. The molecule has 1 aromatic rings. The summed E-state index contributed by atoms with van der Waals surface area (Å²) >= 11 is 11.2. The van der Waals surface area contributed by atoms with E-state index in [1.165, 1.54) is 13.1 Å². The lowest BCUT2D eigenvalue weighted by molar-refractivity contribution is -0.131. The largest absolute Gasteiger partial charge is 0.424 e. The van der Waals surface area contributed by atoms with Crippen LogP contribution < -0.4 is 15.9 Å². The molecule has 0 aliphatic heterocycles. The van der Waals surface area contributed by atoms with E-state index in [2.05, 4.69) is 54.6 Å². The van der Waals surface area contributed by atoms with Crippen molar-refractivity contribution < 1.29 is 9.53 Å². The number of hydrogen-bond donors (Lipinski definition) is 2. The summed E-state index contributed by atoms with van der Waals surface area (Å²) in [6.45, 7) is 1.33. The lowest BCUT2D eigenvalue weighted by Crippen LogP contribution is -2.23. The van der Waals surface area contributed by atoms with Crippen LogP contribution in [0.5, 0.6) is 5.75 Å². The molecule has 0 unspecified atom stereocenters. The van der Waals surface area contributed by atoms with Crippen molar-refractivity contribution in [1.82, 2.24) is 5.43 Å². The average Bonchev–Trinajstić information content (AvgIpc) is 2.22. The van der Waals surface area contributed by atoms with E-state index in [0.717, 1.165) is 5.56 Å². The number of carbonyl (C=O) groups excluding carboxylic acids is 1. The van der Waals surface area contributed by atoms with Crippen molar-refractivity contribution in [3.63, 3.8) is 0 Å². The molecule has 0 aliphatic carbocycles. The summed E-state index contributed by atoms with van der Waals surface area (Å²) in [5.41, 5.74) is 8.44. The predicted molar refractivity (Wildman–Crippen MR) is 80.7 cm³/mol. The highest BCUT2D eigenvalue weighted by Gasteiger charge is 2.10. The number of halogens is 2. The van der Waals surface area contributed by atoms with Gasteiger partial charge in [-0.05, 0) is 61.8 Å². The molecule has 0 fully saturated rings. The van der Waals surface area contributed by atoms with Gasteiger partial charge in [0.05, 0.1) is 15.2 Å². The Morgan fingerprint density at radius 2 is 2.06 bits per heavy atom. The van der Waals surface area contributed by atoms with Gasteiger partial charge in [-0.2, -0.15) is 5.10 Å². The third-order valence-electron chi connectivity index (χ3n) is 1.65. The van der Waals surface area contributed by atoms with Gasteiger partial charge in [-0.1, -0.05) is 0 Å². The molecule has 18 heavy (non-hydrogen) atoms. The van der Waals surface area contributed by atoms with Crippen LogP contribution in [0.1, 0.15) is 12.5 Å². The van der Waals surface area contributed by atoms with Gasteiger partial charge in [0.1, 0.15) is 0 Å². The zero-order valence-electron chi connectivity index (χ0n) is 9.24. The summed E-state index contributed by atoms with van der Waals surface area (Å²) in [6, 6.07) is 3.49. The molecule has 1 rings (SSSR count). The van der Waals surface area contributed by atoms with E-state index in [1.807, 2.05) is 0 Å². The average molecular weight is 395 g/mol. The van der Waals surface area contributed by atoms with Gasteiger partial charge < -0.3 is 10.5 Å². The molecule has 0 aromatic heterocycles. The molecule has 0 atom stereocenters. The van der Waals surface area contributed by atoms with Crippen molar-refractivity contribution >= 4 is 61.4 Å². The van der Waals surface area contributed by atoms with Gasteiger partial charge >= 0.3 is 5.97 Å². The third kappa shape index (κ3) is 4.71. The van der Waals surface area contributed by atoms with Crippen LogP contribution >= 0.6 is 44.1 Å². The van der Waals surface area contributed by atoms with E-state index in [-0.39, 0.29) is 5.11 Å². The Bertz CT molecular complexity index is 497. The number of nitrogens with one attached hydrogen (secondary N) is 1. The summed E-state index contributed by atoms with van der Waals surface area (Å²) in [5, 5.41) is 3.91. The Morgan fingerprint density at radius 1 is 1.50 bits per heavy atom. The van der Waals surface area contributed by atoms with Crippen molar-refractivity contribution in [3.8, 4) is 5.75 Å². The van der Waals surface area contributed by atoms with Crippen LogP contribution in [0, 0.1) is 0 Å². The fourth-order valence-electron chi connectivity index (χ4n) is 1.07. The highest BCUT2D eigenvalue weighted by atomic mass is 79.9. The van der Waals surface area contributed by atoms with Crippen molar-refractivity contribution in [3.05, 3.63) is 26.6 Å². The number of esters is 1. The Hall–Kier alpha value is -0.990. The monoisotopic (exact) mass is 393 g/mol. The van der Waals surface area contributed by atoms with Gasteiger partial charge in [0.25, 0.3) is 0 Å². The number of carbonyl (C=O) groups is 1. The second kappa shape index (κ2) is 6.81. The molecular weight excluding hydrogens is 386 g/mol. The second-order valence-corrected chi connectivity index (χ2v) is 5.29. The summed E-state index contributed by atoms with van der Waals surface area (Å²) in [6.07, 6.45) is 1.53. The summed E-state index contributed by atoms with van der Waals surface area (Å²) in [4.78, 5) is 10.9. The number of hydrogen-bond acceptors (Lipinski definition) is 4. The van der Waals surface area contributed by atoms with E-state index in [9.17, 15) is 4.79 Å². The van der Waals surface area contributed by atoms with E-state index < -0.39 is 5.97 Å². The molecule has 1 aromatic carbocycles. The first-order valence-corrected chi connectivity index (χ1v) is 6.65. The molecule has 0 saturated heterocycles. The molecule has 0 amide bonds. The molecular formula is C10H9Br2N3O2S. The first-order valence-electron chi connectivity index (χ1n) is 4.66. The molecule has 0 saturated carbocycles. The van der Waals surface area contributed by atoms with E-state index in [1.54, 1.807) is 12.1 Å². The lowest BCUT2D eigenvalue weighted by Gasteiger charge is -2.07. The zero-order chi connectivity index (χ0) is 13.7. The van der Waals surface area contributed by atoms with Crippen LogP contribution in [0.3, 0.4) is 0 Å².